The molecule has 1 unspecified atom stereocenters. The van der Waals surface area contributed by atoms with Gasteiger partial charge in [-0.05, 0) is 37.8 Å². The van der Waals surface area contributed by atoms with Gasteiger partial charge in [0.05, 0.1) is 24.3 Å². The summed E-state index contributed by atoms with van der Waals surface area (Å²) in [6, 6.07) is 3.62. The van der Waals surface area contributed by atoms with Gasteiger partial charge in [0.2, 0.25) is 5.91 Å². The lowest BCUT2D eigenvalue weighted by Crippen LogP contribution is -2.41. The lowest BCUT2D eigenvalue weighted by atomic mass is 9.80. The molecule has 2 aromatic rings. The minimum absolute atomic E-state index is 0.0313. The van der Waals surface area contributed by atoms with E-state index in [4.69, 9.17) is 16.7 Å². The highest BCUT2D eigenvalue weighted by atomic mass is 35.5. The van der Waals surface area contributed by atoms with Crippen LogP contribution in [0.4, 0.5) is 4.39 Å². The van der Waals surface area contributed by atoms with E-state index in [-0.39, 0.29) is 36.3 Å². The molecule has 1 atom stereocenters. The van der Waals surface area contributed by atoms with Crippen LogP contribution in [0.25, 0.3) is 0 Å². The molecular weight excluding hydrogens is 415 g/mol. The van der Waals surface area contributed by atoms with Crippen LogP contribution in [0.3, 0.4) is 0 Å². The molecule has 0 aliphatic heterocycles. The standard InChI is InChI=1S/C20H24ClFN4O4/c21-16-3-1-4-17(22)15(16)5-6-18(27)23-13(10-19(28)29)9-14-11-26(25-24-14)12-20(30)7-2-8-20/h1,3-4,11,13,30H,2,5-10,12H2,(H,23,27)(H,28,29). The number of nitrogens with zero attached hydrogens (tertiary/aromatic N) is 3. The Morgan fingerprint density at radius 1 is 1.37 bits per heavy atom. The topological polar surface area (TPSA) is 117 Å². The van der Waals surface area contributed by atoms with Gasteiger partial charge in [-0.1, -0.05) is 22.9 Å². The number of aliphatic hydroxyl groups is 1. The average Bonchev–Trinajstić information content (AvgIpc) is 3.06. The summed E-state index contributed by atoms with van der Waals surface area (Å²) in [6.07, 6.45) is 4.01. The summed E-state index contributed by atoms with van der Waals surface area (Å²) in [5.74, 6) is -1.95. The Labute approximate surface area is 178 Å². The number of rotatable bonds is 10. The van der Waals surface area contributed by atoms with Gasteiger partial charge in [0.25, 0.3) is 0 Å². The van der Waals surface area contributed by atoms with Gasteiger partial charge in [-0.15, -0.1) is 5.10 Å². The average molecular weight is 439 g/mol. The van der Waals surface area contributed by atoms with Gasteiger partial charge in [0.1, 0.15) is 5.82 Å². The number of carbonyl (C=O) groups is 2. The third-order valence-corrected chi connectivity index (χ3v) is 5.59. The summed E-state index contributed by atoms with van der Waals surface area (Å²) in [4.78, 5) is 23.5. The van der Waals surface area contributed by atoms with Gasteiger partial charge in [0.15, 0.2) is 0 Å². The zero-order valence-electron chi connectivity index (χ0n) is 16.4. The van der Waals surface area contributed by atoms with Crippen molar-refractivity contribution in [3.05, 3.63) is 46.5 Å². The van der Waals surface area contributed by atoms with Crippen molar-refractivity contribution < 1.29 is 24.2 Å². The molecule has 1 heterocycles. The van der Waals surface area contributed by atoms with Crippen LogP contribution in [0, 0.1) is 5.82 Å². The van der Waals surface area contributed by atoms with E-state index in [1.54, 1.807) is 12.3 Å². The van der Waals surface area contributed by atoms with Crippen LogP contribution in [0.1, 0.15) is 43.4 Å². The number of hydrogen-bond donors (Lipinski definition) is 3. The van der Waals surface area contributed by atoms with Crippen molar-refractivity contribution in [2.24, 2.45) is 0 Å². The second-order valence-corrected chi connectivity index (χ2v) is 8.16. The van der Waals surface area contributed by atoms with Crippen molar-refractivity contribution in [1.82, 2.24) is 20.3 Å². The number of aromatic nitrogens is 3. The Balaban J connectivity index is 1.57. The second-order valence-electron chi connectivity index (χ2n) is 7.75. The molecule has 10 heteroatoms. The number of halogens is 2. The highest BCUT2D eigenvalue weighted by Crippen LogP contribution is 2.32. The van der Waals surface area contributed by atoms with E-state index in [1.165, 1.54) is 16.8 Å². The first kappa shape index (κ1) is 22.2. The predicted molar refractivity (Wildman–Crippen MR) is 106 cm³/mol. The Kier molecular flexibility index (Phi) is 7.04. The fraction of sp³-hybridized carbons (Fsp3) is 0.500. The quantitative estimate of drug-likeness (QED) is 0.523. The van der Waals surface area contributed by atoms with Crippen LogP contribution in [0.15, 0.2) is 24.4 Å². The molecule has 1 aliphatic carbocycles. The molecule has 1 aromatic heterocycles. The number of carboxylic acids is 1. The van der Waals surface area contributed by atoms with Crippen LogP contribution in [0.5, 0.6) is 0 Å². The SMILES string of the molecule is O=C(O)CC(Cc1cn(CC2(O)CCC2)nn1)NC(=O)CCc1c(F)cccc1Cl. The van der Waals surface area contributed by atoms with Gasteiger partial charge < -0.3 is 15.5 Å². The molecular formula is C20H24ClFN4O4. The van der Waals surface area contributed by atoms with Crippen molar-refractivity contribution in [2.75, 3.05) is 0 Å². The number of benzene rings is 1. The molecule has 0 radical (unpaired) electrons. The molecule has 1 amide bonds. The van der Waals surface area contributed by atoms with E-state index in [1.807, 2.05) is 0 Å². The molecule has 1 aromatic carbocycles. The van der Waals surface area contributed by atoms with Crippen LogP contribution in [-0.2, 0) is 29.0 Å². The minimum Gasteiger partial charge on any atom is -0.481 e. The molecule has 3 N–H and O–H groups in total. The lowest BCUT2D eigenvalue weighted by molar-refractivity contribution is -0.137. The summed E-state index contributed by atoms with van der Waals surface area (Å²) < 4.78 is 15.4. The van der Waals surface area contributed by atoms with E-state index >= 15 is 0 Å². The Morgan fingerprint density at radius 3 is 2.77 bits per heavy atom. The van der Waals surface area contributed by atoms with Crippen LogP contribution >= 0.6 is 11.6 Å². The third-order valence-electron chi connectivity index (χ3n) is 5.23. The molecule has 1 fully saturated rings. The maximum atomic E-state index is 13.8. The van der Waals surface area contributed by atoms with Gasteiger partial charge in [-0.3, -0.25) is 9.59 Å². The number of aliphatic carboxylic acids is 1. The van der Waals surface area contributed by atoms with Gasteiger partial charge >= 0.3 is 5.97 Å². The van der Waals surface area contributed by atoms with Gasteiger partial charge in [0, 0.05) is 35.7 Å². The van der Waals surface area contributed by atoms with Crippen molar-refractivity contribution in [1.29, 1.82) is 0 Å². The van der Waals surface area contributed by atoms with E-state index in [9.17, 15) is 19.1 Å². The smallest absolute Gasteiger partial charge is 0.305 e. The molecule has 1 aliphatic rings. The molecule has 1 saturated carbocycles. The highest BCUT2D eigenvalue weighted by Gasteiger charge is 2.35. The fourth-order valence-corrected chi connectivity index (χ4v) is 3.76. The summed E-state index contributed by atoms with van der Waals surface area (Å²) in [5, 5.41) is 30.3. The maximum absolute atomic E-state index is 13.8. The normalized spacial score (nSPS) is 16.0. The number of carbonyl (C=O) groups excluding carboxylic acids is 1. The number of nitrogens with one attached hydrogen (secondary N) is 1. The van der Waals surface area contributed by atoms with Crippen molar-refractivity contribution >= 4 is 23.5 Å². The van der Waals surface area contributed by atoms with E-state index in [0.29, 0.717) is 25.1 Å². The van der Waals surface area contributed by atoms with Gasteiger partial charge in [-0.2, -0.15) is 0 Å². The minimum atomic E-state index is -1.06. The first-order chi connectivity index (χ1) is 14.2. The van der Waals surface area contributed by atoms with Crippen LogP contribution in [0.2, 0.25) is 5.02 Å². The first-order valence-electron chi connectivity index (χ1n) is 9.79. The zero-order chi connectivity index (χ0) is 21.7. The molecule has 0 spiro atoms. The van der Waals surface area contributed by atoms with E-state index in [2.05, 4.69) is 15.6 Å². The highest BCUT2D eigenvalue weighted by molar-refractivity contribution is 6.31. The monoisotopic (exact) mass is 438 g/mol. The van der Waals surface area contributed by atoms with Crippen molar-refractivity contribution in [3.8, 4) is 0 Å². The van der Waals surface area contributed by atoms with Crippen molar-refractivity contribution in [3.63, 3.8) is 0 Å². The van der Waals surface area contributed by atoms with Crippen LogP contribution < -0.4 is 5.32 Å². The zero-order valence-corrected chi connectivity index (χ0v) is 17.1. The Morgan fingerprint density at radius 2 is 2.13 bits per heavy atom. The first-order valence-corrected chi connectivity index (χ1v) is 10.2. The number of carboxylic acid groups (broad SMARTS) is 1. The number of amides is 1. The maximum Gasteiger partial charge on any atom is 0.305 e. The van der Waals surface area contributed by atoms with E-state index in [0.717, 1.165) is 6.42 Å². The third kappa shape index (κ3) is 5.99. The Bertz CT molecular complexity index is 896. The molecule has 30 heavy (non-hydrogen) atoms. The molecule has 3 rings (SSSR count). The molecule has 0 bridgehead atoms. The van der Waals surface area contributed by atoms with Crippen molar-refractivity contribution in [2.45, 2.75) is 63.1 Å². The lowest BCUT2D eigenvalue weighted by Gasteiger charge is -2.36. The molecule has 8 nitrogen and oxygen atoms in total. The molecule has 0 saturated heterocycles. The largest absolute Gasteiger partial charge is 0.481 e. The second kappa shape index (κ2) is 9.53. The van der Waals surface area contributed by atoms with Gasteiger partial charge in [-0.25, -0.2) is 9.07 Å². The fourth-order valence-electron chi connectivity index (χ4n) is 3.50. The molecule has 162 valence electrons. The summed E-state index contributed by atoms with van der Waals surface area (Å²) in [7, 11) is 0. The number of hydrogen-bond acceptors (Lipinski definition) is 5. The summed E-state index contributed by atoms with van der Waals surface area (Å²) in [6.45, 7) is 0.333. The predicted octanol–water partition coefficient (Wildman–Crippen LogP) is 2.12. The van der Waals surface area contributed by atoms with E-state index < -0.39 is 29.3 Å². The van der Waals surface area contributed by atoms with Crippen LogP contribution in [-0.4, -0.2) is 48.7 Å². The summed E-state index contributed by atoms with van der Waals surface area (Å²) in [5.41, 5.74) is 0.00998. The Hall–Kier alpha value is -2.52. The summed E-state index contributed by atoms with van der Waals surface area (Å²) >= 11 is 5.97.